The van der Waals surface area contributed by atoms with Crippen LogP contribution in [0.4, 0.5) is 4.79 Å². The fraction of sp³-hybridized carbons (Fsp3) is 0.574. The number of hydrogen-bond acceptors (Lipinski definition) is 16. The van der Waals surface area contributed by atoms with Crippen LogP contribution in [-0.4, -0.2) is 120 Å². The van der Waals surface area contributed by atoms with Crippen LogP contribution in [0.3, 0.4) is 0 Å². The lowest BCUT2D eigenvalue weighted by molar-refractivity contribution is -0.347. The van der Waals surface area contributed by atoms with Crippen molar-refractivity contribution in [3.05, 3.63) is 82.9 Å². The molecule has 2 bridgehead atoms. The van der Waals surface area contributed by atoms with Gasteiger partial charge in [0.2, 0.25) is 6.10 Å². The number of nitrogens with two attached hydrogens (primary N) is 1. The number of ketones is 1. The molecule has 348 valence electrons. The Morgan fingerprint density at radius 3 is 2.14 bits per heavy atom. The number of alkyl carbamates (subject to hydrolysis) is 1. The summed E-state index contributed by atoms with van der Waals surface area (Å²) in [6.07, 6.45) is -8.30. The van der Waals surface area contributed by atoms with E-state index in [0.29, 0.717) is 5.56 Å². The molecule has 5 N–H and O–H groups in total. The Balaban J connectivity index is 1.56. The number of carbonyl (C=O) groups is 6. The number of amides is 1. The van der Waals surface area contributed by atoms with Crippen molar-refractivity contribution in [2.75, 3.05) is 26.9 Å². The van der Waals surface area contributed by atoms with E-state index in [-0.39, 0.29) is 29.7 Å². The predicted octanol–water partition coefficient (Wildman–Crippen LogP) is 3.67. The van der Waals surface area contributed by atoms with Crippen molar-refractivity contribution < 1.29 is 72.1 Å². The first-order chi connectivity index (χ1) is 30.0. The molecule has 0 radical (unpaired) electrons. The summed E-state index contributed by atoms with van der Waals surface area (Å²) in [5, 5.41) is 27.8. The number of Topliss-reactive ketones (excluding diaryl/α,β-unsaturated/α-hetero) is 1. The van der Waals surface area contributed by atoms with Gasteiger partial charge in [-0.2, -0.15) is 0 Å². The molecule has 1 heterocycles. The van der Waals surface area contributed by atoms with Gasteiger partial charge in [-0.3, -0.25) is 14.4 Å². The second-order valence-electron chi connectivity index (χ2n) is 18.8. The van der Waals surface area contributed by atoms with E-state index < -0.39 is 131 Å². The molecule has 1 saturated heterocycles. The average Bonchev–Trinajstić information content (AvgIpc) is 3.23. The SMILES string of the molecule is CO[C@H]1C[C@H]2OC[C@@]2(OC(C)=O)[C@H]2[C@H](OC(=O)c3ccccc3)[C@]3(O)C[C@H](OC(=O)[C@H](OC(=O)CN)[C@@H](NC(=O)OC(C)(C)C)c4ccccc4)C(C)=C([C@@H](CO)C(=O)[C@]12C)C3(C)C. The molecule has 17 nitrogen and oxygen atoms in total. The van der Waals surface area contributed by atoms with Crippen molar-refractivity contribution in [2.24, 2.45) is 28.4 Å². The molecule has 2 aromatic carbocycles. The highest BCUT2D eigenvalue weighted by atomic mass is 16.6. The van der Waals surface area contributed by atoms with Crippen molar-refractivity contribution in [1.29, 1.82) is 0 Å². The molecule has 0 aromatic heterocycles. The van der Waals surface area contributed by atoms with Crippen LogP contribution in [0.1, 0.15) is 90.2 Å². The number of nitrogens with one attached hydrogen (secondary N) is 1. The molecule has 0 unspecified atom stereocenters. The normalized spacial score (nSPS) is 31.5. The van der Waals surface area contributed by atoms with Gasteiger partial charge in [0, 0.05) is 32.3 Å². The zero-order valence-electron chi connectivity index (χ0n) is 37.7. The van der Waals surface area contributed by atoms with Crippen LogP contribution in [0, 0.1) is 22.7 Å². The van der Waals surface area contributed by atoms with E-state index in [1.807, 2.05) is 0 Å². The Bertz CT molecular complexity index is 2150. The second kappa shape index (κ2) is 18.0. The number of ether oxygens (including phenoxy) is 7. The van der Waals surface area contributed by atoms with Crippen molar-refractivity contribution in [2.45, 2.75) is 122 Å². The Labute approximate surface area is 372 Å². The summed E-state index contributed by atoms with van der Waals surface area (Å²) in [5.74, 6) is -7.14. The molecule has 6 rings (SSSR count). The zero-order valence-corrected chi connectivity index (χ0v) is 37.7. The summed E-state index contributed by atoms with van der Waals surface area (Å²) in [4.78, 5) is 84.2. The van der Waals surface area contributed by atoms with Gasteiger partial charge in [0.15, 0.2) is 11.4 Å². The van der Waals surface area contributed by atoms with Gasteiger partial charge in [0.25, 0.3) is 0 Å². The first-order valence-electron chi connectivity index (χ1n) is 21.3. The molecule has 2 aromatic rings. The standard InChI is InChI=1S/C47H60N2O15/c1-25-30(60-41(55)36(61-33(52)22-48)35(27-16-12-10-13-17-27)49-42(56)64-43(3,4)5)21-47(57)39(62-40(54)28-18-14-11-15-19-28)37-45(8,38(53)29(23-50)34(25)44(47,6)7)31(58-9)20-32-46(37,24-59-32)63-26(2)51/h10-19,29-32,35-37,39,50,57H,20-24,48H2,1-9H3,(H,49,56)/t29-,30+,31+,32-,35+,36-,37+,39+,45-,46+,47-/m1/s1. The number of carbonyl (C=O) groups excluding carboxylic acids is 6. The molecule has 4 aliphatic rings. The van der Waals surface area contributed by atoms with Crippen LogP contribution in [0.5, 0.6) is 0 Å². The minimum Gasteiger partial charge on any atom is -0.455 e. The molecule has 3 fully saturated rings. The van der Waals surface area contributed by atoms with Gasteiger partial charge in [0.05, 0.1) is 48.7 Å². The summed E-state index contributed by atoms with van der Waals surface area (Å²) < 4.78 is 42.1. The zero-order chi connectivity index (χ0) is 47.2. The lowest BCUT2D eigenvalue weighted by atomic mass is 9.43. The molecule has 0 spiro atoms. The molecule has 2 saturated carbocycles. The van der Waals surface area contributed by atoms with Gasteiger partial charge in [-0.05, 0) is 63.5 Å². The van der Waals surface area contributed by atoms with E-state index in [2.05, 4.69) is 5.32 Å². The maximum absolute atomic E-state index is 15.6. The van der Waals surface area contributed by atoms with E-state index in [0.717, 1.165) is 0 Å². The van der Waals surface area contributed by atoms with E-state index in [1.54, 1.807) is 97.0 Å². The summed E-state index contributed by atoms with van der Waals surface area (Å²) in [7, 11) is 1.41. The van der Waals surface area contributed by atoms with E-state index in [9.17, 15) is 34.2 Å². The highest BCUT2D eigenvalue weighted by molar-refractivity contribution is 5.93. The van der Waals surface area contributed by atoms with Crippen LogP contribution in [0.2, 0.25) is 0 Å². The fourth-order valence-corrected chi connectivity index (χ4v) is 10.6. The first-order valence-corrected chi connectivity index (χ1v) is 21.3. The van der Waals surface area contributed by atoms with Gasteiger partial charge < -0.3 is 54.4 Å². The summed E-state index contributed by atoms with van der Waals surface area (Å²) in [6.45, 7) is 10.9. The van der Waals surface area contributed by atoms with Crippen molar-refractivity contribution in [1.82, 2.24) is 5.32 Å². The topological polar surface area (TPSA) is 246 Å². The van der Waals surface area contributed by atoms with Crippen LogP contribution < -0.4 is 11.1 Å². The summed E-state index contributed by atoms with van der Waals surface area (Å²) in [5.41, 5.74) is -1.66. The van der Waals surface area contributed by atoms with E-state index in [1.165, 1.54) is 26.2 Å². The maximum Gasteiger partial charge on any atom is 0.408 e. The number of hydrogen-bond donors (Lipinski definition) is 4. The van der Waals surface area contributed by atoms with Gasteiger partial charge in [0.1, 0.15) is 35.6 Å². The lowest BCUT2D eigenvalue weighted by Crippen LogP contribution is -2.81. The Morgan fingerprint density at radius 1 is 0.984 bits per heavy atom. The Morgan fingerprint density at radius 2 is 1.61 bits per heavy atom. The third-order valence-electron chi connectivity index (χ3n) is 13.5. The van der Waals surface area contributed by atoms with Gasteiger partial charge in [-0.1, -0.05) is 62.4 Å². The van der Waals surface area contributed by atoms with E-state index >= 15 is 4.79 Å². The number of benzene rings is 2. The van der Waals surface area contributed by atoms with Crippen LogP contribution >= 0.6 is 0 Å². The maximum atomic E-state index is 15.6. The molecule has 64 heavy (non-hydrogen) atoms. The molecule has 1 aliphatic heterocycles. The third-order valence-corrected chi connectivity index (χ3v) is 13.5. The largest absolute Gasteiger partial charge is 0.455 e. The number of methoxy groups -OCH3 is 1. The van der Waals surface area contributed by atoms with Crippen molar-refractivity contribution in [3.8, 4) is 0 Å². The van der Waals surface area contributed by atoms with Crippen LogP contribution in [0.15, 0.2) is 71.8 Å². The molecule has 3 aliphatic carbocycles. The molecular formula is C47H60N2O15. The van der Waals surface area contributed by atoms with Crippen molar-refractivity contribution in [3.63, 3.8) is 0 Å². The molecule has 11 atom stereocenters. The number of aliphatic hydroxyl groups is 2. The monoisotopic (exact) mass is 892 g/mol. The minimum atomic E-state index is -2.31. The Kier molecular flexibility index (Phi) is 13.6. The quantitative estimate of drug-likeness (QED) is 0.135. The highest BCUT2D eigenvalue weighted by Gasteiger charge is 2.78. The highest BCUT2D eigenvalue weighted by Crippen LogP contribution is 2.65. The van der Waals surface area contributed by atoms with E-state index in [4.69, 9.17) is 38.9 Å². The van der Waals surface area contributed by atoms with Gasteiger partial charge in [-0.25, -0.2) is 14.4 Å². The predicted molar refractivity (Wildman–Crippen MR) is 226 cm³/mol. The Hall–Kier alpha value is -5.20. The summed E-state index contributed by atoms with van der Waals surface area (Å²) in [6, 6.07) is 14.7. The first kappa shape index (κ1) is 48.3. The fourth-order valence-electron chi connectivity index (χ4n) is 10.6. The molecule has 17 heteroatoms. The van der Waals surface area contributed by atoms with Gasteiger partial charge in [-0.15, -0.1) is 0 Å². The lowest BCUT2D eigenvalue weighted by Gasteiger charge is -2.68. The van der Waals surface area contributed by atoms with Crippen molar-refractivity contribution >= 4 is 35.8 Å². The van der Waals surface area contributed by atoms with Crippen LogP contribution in [0.25, 0.3) is 0 Å². The third kappa shape index (κ3) is 8.43. The molecular weight excluding hydrogens is 833 g/mol. The number of fused-ring (bicyclic) bond motifs is 5. The number of esters is 4. The summed E-state index contributed by atoms with van der Waals surface area (Å²) >= 11 is 0. The minimum absolute atomic E-state index is 0.0724. The second-order valence-corrected chi connectivity index (χ2v) is 18.8. The van der Waals surface area contributed by atoms with Crippen LogP contribution in [-0.2, 0) is 52.3 Å². The number of aliphatic hydroxyl groups excluding tert-OH is 1. The number of rotatable bonds is 12. The smallest absolute Gasteiger partial charge is 0.408 e. The van der Waals surface area contributed by atoms with Gasteiger partial charge >= 0.3 is 30.0 Å². The molecule has 1 amide bonds. The average molecular weight is 893 g/mol.